The Balaban J connectivity index is 1.82. The highest BCUT2D eigenvalue weighted by molar-refractivity contribution is 7.13. The van der Waals surface area contributed by atoms with Gasteiger partial charge in [0.1, 0.15) is 12.3 Å². The molecule has 0 bridgehead atoms. The lowest BCUT2D eigenvalue weighted by Gasteiger charge is -2.19. The van der Waals surface area contributed by atoms with Crippen LogP contribution in [0.1, 0.15) is 6.92 Å². The highest BCUT2D eigenvalue weighted by Crippen LogP contribution is 2.31. The molecule has 2 aromatic carbocycles. The topological polar surface area (TPSA) is 47.4 Å². The first-order chi connectivity index (χ1) is 12.7. The smallest absolute Gasteiger partial charge is 0.248 e. The summed E-state index contributed by atoms with van der Waals surface area (Å²) in [5.41, 5.74) is 2.04. The molecule has 1 amide bonds. The Hall–Kier alpha value is -2.86. The molecule has 0 saturated carbocycles. The highest BCUT2D eigenvalue weighted by Gasteiger charge is 2.19. The van der Waals surface area contributed by atoms with E-state index in [1.165, 1.54) is 11.3 Å². The van der Waals surface area contributed by atoms with Gasteiger partial charge < -0.3 is 9.30 Å². The van der Waals surface area contributed by atoms with E-state index in [1.54, 1.807) is 18.2 Å². The van der Waals surface area contributed by atoms with E-state index in [2.05, 4.69) is 27.8 Å². The number of hydrogen-bond acceptors (Lipinski definition) is 4. The lowest BCUT2D eigenvalue weighted by Crippen LogP contribution is -2.33. The summed E-state index contributed by atoms with van der Waals surface area (Å²) in [5, 5.41) is 4.87. The van der Waals surface area contributed by atoms with E-state index < -0.39 is 0 Å². The summed E-state index contributed by atoms with van der Waals surface area (Å²) < 4.78 is 7.45. The van der Waals surface area contributed by atoms with Crippen LogP contribution in [0.3, 0.4) is 0 Å². The third kappa shape index (κ3) is 2.72. The summed E-state index contributed by atoms with van der Waals surface area (Å²) in [6.45, 7) is 2.81. The number of hydrogen-bond donors (Lipinski definition) is 0. The summed E-state index contributed by atoms with van der Waals surface area (Å²) in [5.74, 6) is 0.800. The first kappa shape index (κ1) is 16.6. The van der Waals surface area contributed by atoms with E-state index in [-0.39, 0.29) is 12.5 Å². The van der Waals surface area contributed by atoms with Crippen molar-refractivity contribution in [1.82, 2.24) is 9.55 Å². The van der Waals surface area contributed by atoms with Crippen molar-refractivity contribution in [2.75, 3.05) is 18.6 Å². The van der Waals surface area contributed by atoms with Crippen molar-refractivity contribution in [2.24, 2.45) is 0 Å². The molecule has 0 unspecified atom stereocenters. The SMILES string of the molecule is CCN(C(=O)Cn1c2ccccc2c2ccc(OC)cc21)c1nccs1. The third-order valence-electron chi connectivity index (χ3n) is 4.54. The van der Waals surface area contributed by atoms with Crippen molar-refractivity contribution in [2.45, 2.75) is 13.5 Å². The lowest BCUT2D eigenvalue weighted by molar-refractivity contribution is -0.119. The standard InChI is InChI=1S/C20H19N3O2S/c1-3-22(20-21-10-11-26-20)19(24)13-23-17-7-5-4-6-15(17)16-9-8-14(25-2)12-18(16)23/h4-12H,3,13H2,1-2H3. The van der Waals surface area contributed by atoms with Gasteiger partial charge in [-0.15, -0.1) is 11.3 Å². The number of carbonyl (C=O) groups excluding carboxylic acids is 1. The average molecular weight is 365 g/mol. The van der Waals surface area contributed by atoms with E-state index in [1.807, 2.05) is 36.6 Å². The van der Waals surface area contributed by atoms with E-state index in [0.29, 0.717) is 6.54 Å². The van der Waals surface area contributed by atoms with Crippen LogP contribution >= 0.6 is 11.3 Å². The average Bonchev–Trinajstić information content (AvgIpc) is 3.30. The zero-order valence-corrected chi connectivity index (χ0v) is 15.5. The number of rotatable bonds is 5. The third-order valence-corrected chi connectivity index (χ3v) is 5.34. The van der Waals surface area contributed by atoms with Crippen LogP contribution in [0.25, 0.3) is 21.8 Å². The highest BCUT2D eigenvalue weighted by atomic mass is 32.1. The van der Waals surface area contributed by atoms with Crippen LogP contribution in [0.5, 0.6) is 5.75 Å². The molecule has 4 aromatic rings. The molecule has 0 aliphatic carbocycles. The van der Waals surface area contributed by atoms with Crippen molar-refractivity contribution in [3.05, 3.63) is 54.0 Å². The van der Waals surface area contributed by atoms with Gasteiger partial charge in [-0.05, 0) is 25.1 Å². The molecule has 0 aliphatic rings. The minimum Gasteiger partial charge on any atom is -0.497 e. The van der Waals surface area contributed by atoms with Crippen LogP contribution in [0.2, 0.25) is 0 Å². The van der Waals surface area contributed by atoms with Crippen LogP contribution in [-0.2, 0) is 11.3 Å². The molecule has 26 heavy (non-hydrogen) atoms. The molecule has 0 aliphatic heterocycles. The fraction of sp³-hybridized carbons (Fsp3) is 0.200. The Morgan fingerprint density at radius 3 is 2.73 bits per heavy atom. The Kier molecular flexibility index (Phi) is 4.34. The van der Waals surface area contributed by atoms with Gasteiger partial charge in [0, 0.05) is 40.5 Å². The van der Waals surface area contributed by atoms with Crippen LogP contribution in [0.4, 0.5) is 5.13 Å². The largest absolute Gasteiger partial charge is 0.497 e. The van der Waals surface area contributed by atoms with Gasteiger partial charge in [-0.3, -0.25) is 9.69 Å². The van der Waals surface area contributed by atoms with E-state index >= 15 is 0 Å². The number of para-hydroxylation sites is 1. The molecule has 2 aromatic heterocycles. The Morgan fingerprint density at radius 2 is 2.00 bits per heavy atom. The molecular weight excluding hydrogens is 346 g/mol. The van der Waals surface area contributed by atoms with E-state index in [4.69, 9.17) is 4.74 Å². The molecule has 132 valence electrons. The molecule has 0 spiro atoms. The minimum atomic E-state index is 0.0212. The number of thiazole rings is 1. The number of carbonyl (C=O) groups is 1. The molecule has 5 nitrogen and oxygen atoms in total. The van der Waals surface area contributed by atoms with Crippen LogP contribution in [-0.4, -0.2) is 29.1 Å². The monoisotopic (exact) mass is 365 g/mol. The van der Waals surface area contributed by atoms with E-state index in [0.717, 1.165) is 32.7 Å². The Bertz CT molecular complexity index is 1070. The Labute approximate surface area is 155 Å². The maximum Gasteiger partial charge on any atom is 0.248 e. The molecule has 0 atom stereocenters. The fourth-order valence-corrected chi connectivity index (χ4v) is 4.04. The molecule has 0 radical (unpaired) electrons. The number of anilines is 1. The van der Waals surface area contributed by atoms with Gasteiger partial charge in [0.15, 0.2) is 5.13 Å². The molecular formula is C20H19N3O2S. The molecule has 0 fully saturated rings. The van der Waals surface area contributed by atoms with Gasteiger partial charge in [0.25, 0.3) is 0 Å². The first-order valence-electron chi connectivity index (χ1n) is 8.47. The van der Waals surface area contributed by atoms with Crippen molar-refractivity contribution < 1.29 is 9.53 Å². The zero-order valence-electron chi connectivity index (χ0n) is 14.7. The number of likely N-dealkylation sites (N-methyl/N-ethyl adjacent to an activating group) is 1. The maximum absolute atomic E-state index is 13.0. The predicted octanol–water partition coefficient (Wildman–Crippen LogP) is 4.31. The number of aromatic nitrogens is 2. The van der Waals surface area contributed by atoms with Gasteiger partial charge >= 0.3 is 0 Å². The minimum absolute atomic E-state index is 0.0212. The second-order valence-corrected chi connectivity index (χ2v) is 6.81. The van der Waals surface area contributed by atoms with Crippen LogP contribution in [0, 0.1) is 0 Å². The number of fused-ring (bicyclic) bond motifs is 3. The number of ether oxygens (including phenoxy) is 1. The number of amides is 1. The summed E-state index contributed by atoms with van der Waals surface area (Å²) in [6.07, 6.45) is 1.72. The Morgan fingerprint density at radius 1 is 1.19 bits per heavy atom. The first-order valence-corrected chi connectivity index (χ1v) is 9.35. The number of methoxy groups -OCH3 is 1. The van der Waals surface area contributed by atoms with Gasteiger partial charge in [-0.2, -0.15) is 0 Å². The van der Waals surface area contributed by atoms with Crippen LogP contribution in [0.15, 0.2) is 54.0 Å². The predicted molar refractivity (Wildman–Crippen MR) is 106 cm³/mol. The van der Waals surface area contributed by atoms with Crippen molar-refractivity contribution in [1.29, 1.82) is 0 Å². The summed E-state index contributed by atoms with van der Waals surface area (Å²) >= 11 is 1.47. The quantitative estimate of drug-likeness (QED) is 0.529. The molecule has 4 rings (SSSR count). The van der Waals surface area contributed by atoms with Crippen molar-refractivity contribution in [3.63, 3.8) is 0 Å². The van der Waals surface area contributed by atoms with Gasteiger partial charge in [-0.25, -0.2) is 4.98 Å². The summed E-state index contributed by atoms with van der Waals surface area (Å²) in [4.78, 5) is 19.0. The molecule has 0 saturated heterocycles. The maximum atomic E-state index is 13.0. The second-order valence-electron chi connectivity index (χ2n) is 5.94. The van der Waals surface area contributed by atoms with Crippen LogP contribution < -0.4 is 9.64 Å². The summed E-state index contributed by atoms with van der Waals surface area (Å²) in [6, 6.07) is 14.1. The molecule has 0 N–H and O–H groups in total. The molecule has 6 heteroatoms. The molecule has 2 heterocycles. The number of nitrogens with zero attached hydrogens (tertiary/aromatic N) is 3. The summed E-state index contributed by atoms with van der Waals surface area (Å²) in [7, 11) is 1.65. The van der Waals surface area contributed by atoms with Crippen molar-refractivity contribution in [3.8, 4) is 5.75 Å². The lowest BCUT2D eigenvalue weighted by atomic mass is 10.1. The van der Waals surface area contributed by atoms with Gasteiger partial charge in [0.05, 0.1) is 12.6 Å². The van der Waals surface area contributed by atoms with E-state index in [9.17, 15) is 4.79 Å². The normalized spacial score (nSPS) is 11.2. The second kappa shape index (κ2) is 6.80. The van der Waals surface area contributed by atoms with Crippen molar-refractivity contribution >= 4 is 44.2 Å². The fourth-order valence-electron chi connectivity index (χ4n) is 3.31. The van der Waals surface area contributed by atoms with Gasteiger partial charge in [0.2, 0.25) is 5.91 Å². The zero-order chi connectivity index (χ0) is 18.1. The van der Waals surface area contributed by atoms with Gasteiger partial charge in [-0.1, -0.05) is 18.2 Å². The number of benzene rings is 2.